The third-order valence-corrected chi connectivity index (χ3v) is 5.91. The van der Waals surface area contributed by atoms with Crippen LogP contribution in [0.1, 0.15) is 94.0 Å². The number of nitrogens with zero attached hydrogens (tertiary/aromatic N) is 1. The van der Waals surface area contributed by atoms with Crippen LogP contribution < -0.4 is 5.56 Å². The minimum Gasteiger partial charge on any atom is -0.309 e. The molecule has 2 saturated carbocycles. The van der Waals surface area contributed by atoms with Gasteiger partial charge in [-0.15, -0.1) is 0 Å². The highest BCUT2D eigenvalue weighted by Gasteiger charge is 2.25. The lowest BCUT2D eigenvalue weighted by atomic mass is 9.90. The van der Waals surface area contributed by atoms with E-state index >= 15 is 0 Å². The van der Waals surface area contributed by atoms with Crippen LogP contribution in [0.25, 0.3) is 0 Å². The summed E-state index contributed by atoms with van der Waals surface area (Å²) in [5, 5.41) is 0. The molecule has 0 amide bonds. The second-order valence-corrected chi connectivity index (χ2v) is 7.47. The van der Waals surface area contributed by atoms with Crippen molar-refractivity contribution >= 4 is 15.9 Å². The van der Waals surface area contributed by atoms with Crippen LogP contribution in [-0.2, 0) is 0 Å². The van der Waals surface area contributed by atoms with Gasteiger partial charge in [0.05, 0.1) is 5.69 Å². The van der Waals surface area contributed by atoms with Crippen LogP contribution in [0, 0.1) is 0 Å². The number of hydrogen-bond donors (Lipinski definition) is 1. The van der Waals surface area contributed by atoms with Gasteiger partial charge < -0.3 is 4.98 Å². The van der Waals surface area contributed by atoms with Crippen LogP contribution in [0.15, 0.2) is 9.27 Å². The van der Waals surface area contributed by atoms with Gasteiger partial charge >= 0.3 is 0 Å². The lowest BCUT2D eigenvalue weighted by Gasteiger charge is -2.20. The van der Waals surface area contributed by atoms with Crippen LogP contribution in [0.5, 0.6) is 0 Å². The molecule has 2 fully saturated rings. The lowest BCUT2D eigenvalue weighted by Crippen LogP contribution is -2.20. The normalized spacial score (nSPS) is 22.1. The fourth-order valence-corrected chi connectivity index (χ4v) is 4.40. The van der Waals surface area contributed by atoms with Crippen molar-refractivity contribution in [3.05, 3.63) is 26.3 Å². The molecule has 3 rings (SSSR count). The molecule has 2 aliphatic rings. The zero-order valence-electron chi connectivity index (χ0n) is 12.7. The predicted octanol–water partition coefficient (Wildman–Crippen LogP) is 5.02. The summed E-state index contributed by atoms with van der Waals surface area (Å²) in [5.41, 5.74) is 1.04. The first kappa shape index (κ1) is 15.3. The van der Waals surface area contributed by atoms with Gasteiger partial charge in [-0.05, 0) is 41.6 Å². The lowest BCUT2D eigenvalue weighted by molar-refractivity contribution is 0.439. The summed E-state index contributed by atoms with van der Waals surface area (Å²) < 4.78 is 0.670. The molecule has 116 valence electrons. The molecule has 0 aromatic carbocycles. The molecule has 0 aliphatic heterocycles. The maximum atomic E-state index is 12.3. The fraction of sp³-hybridized carbons (Fsp3) is 0.765. The minimum absolute atomic E-state index is 0.0176. The Morgan fingerprint density at radius 3 is 2.05 bits per heavy atom. The van der Waals surface area contributed by atoms with E-state index in [9.17, 15) is 4.79 Å². The van der Waals surface area contributed by atoms with E-state index < -0.39 is 0 Å². The van der Waals surface area contributed by atoms with Crippen molar-refractivity contribution in [2.24, 2.45) is 0 Å². The van der Waals surface area contributed by atoms with Crippen molar-refractivity contribution in [3.8, 4) is 0 Å². The first-order chi connectivity index (χ1) is 10.3. The van der Waals surface area contributed by atoms with E-state index in [0.29, 0.717) is 16.3 Å². The van der Waals surface area contributed by atoms with E-state index in [1.807, 2.05) is 0 Å². The van der Waals surface area contributed by atoms with Crippen LogP contribution >= 0.6 is 15.9 Å². The predicted molar refractivity (Wildman–Crippen MR) is 88.8 cm³/mol. The molecule has 4 heteroatoms. The first-order valence-electron chi connectivity index (χ1n) is 8.55. The van der Waals surface area contributed by atoms with Gasteiger partial charge in [0.15, 0.2) is 0 Å². The van der Waals surface area contributed by atoms with Gasteiger partial charge in [0.1, 0.15) is 10.3 Å². The smallest absolute Gasteiger partial charge is 0.265 e. The molecule has 0 radical (unpaired) electrons. The maximum Gasteiger partial charge on any atom is 0.265 e. The molecule has 0 bridgehead atoms. The summed E-state index contributed by atoms with van der Waals surface area (Å²) in [7, 11) is 0. The first-order valence-corrected chi connectivity index (χ1v) is 9.34. The second kappa shape index (κ2) is 7.08. The summed E-state index contributed by atoms with van der Waals surface area (Å²) >= 11 is 3.47. The molecule has 1 aromatic rings. The van der Waals surface area contributed by atoms with Crippen molar-refractivity contribution in [2.75, 3.05) is 0 Å². The van der Waals surface area contributed by atoms with Crippen LogP contribution in [0.3, 0.4) is 0 Å². The zero-order chi connectivity index (χ0) is 14.7. The van der Waals surface area contributed by atoms with Crippen molar-refractivity contribution < 1.29 is 0 Å². The quantitative estimate of drug-likeness (QED) is 0.812. The Balaban J connectivity index is 1.88. The Morgan fingerprint density at radius 2 is 1.38 bits per heavy atom. The Labute approximate surface area is 135 Å². The monoisotopic (exact) mass is 352 g/mol. The average Bonchev–Trinajstić information content (AvgIpc) is 2.95. The number of rotatable bonds is 2. The molecule has 21 heavy (non-hydrogen) atoms. The molecule has 0 atom stereocenters. The largest absolute Gasteiger partial charge is 0.309 e. The third-order valence-electron chi connectivity index (χ3n) is 5.14. The molecule has 0 spiro atoms. The number of aromatic amines is 1. The molecule has 1 N–H and O–H groups in total. The van der Waals surface area contributed by atoms with Crippen LogP contribution in [-0.4, -0.2) is 9.97 Å². The van der Waals surface area contributed by atoms with Gasteiger partial charge in [-0.1, -0.05) is 44.9 Å². The molecule has 0 saturated heterocycles. The number of aromatic nitrogens is 2. The van der Waals surface area contributed by atoms with E-state index in [-0.39, 0.29) is 5.56 Å². The SMILES string of the molecule is O=c1[nH]c(C2CCCCCCC2)nc(C2CCCC2)c1Br. The zero-order valence-corrected chi connectivity index (χ0v) is 14.3. The number of nitrogens with one attached hydrogen (secondary N) is 1. The average molecular weight is 353 g/mol. The van der Waals surface area contributed by atoms with E-state index in [4.69, 9.17) is 4.98 Å². The standard InChI is InChI=1S/C17H25BrN2O/c18-14-15(12-8-6-7-9-12)19-16(20-17(14)21)13-10-4-2-1-3-5-11-13/h12-13H,1-11H2,(H,19,20,21). The summed E-state index contributed by atoms with van der Waals surface area (Å²) in [5.74, 6) is 1.88. The Kier molecular flexibility index (Phi) is 5.15. The Bertz CT molecular complexity index is 526. The molecular weight excluding hydrogens is 328 g/mol. The molecule has 3 nitrogen and oxygen atoms in total. The van der Waals surface area contributed by atoms with Gasteiger partial charge in [0, 0.05) is 11.8 Å². The molecule has 0 unspecified atom stereocenters. The van der Waals surface area contributed by atoms with E-state index in [0.717, 1.165) is 11.5 Å². The Morgan fingerprint density at radius 1 is 0.857 bits per heavy atom. The van der Waals surface area contributed by atoms with Crippen molar-refractivity contribution in [3.63, 3.8) is 0 Å². The van der Waals surface area contributed by atoms with Crippen LogP contribution in [0.4, 0.5) is 0 Å². The highest BCUT2D eigenvalue weighted by molar-refractivity contribution is 9.10. The van der Waals surface area contributed by atoms with Crippen molar-refractivity contribution in [1.29, 1.82) is 0 Å². The third kappa shape index (κ3) is 3.58. The number of hydrogen-bond acceptors (Lipinski definition) is 2. The van der Waals surface area contributed by atoms with Crippen molar-refractivity contribution in [1.82, 2.24) is 9.97 Å². The van der Waals surface area contributed by atoms with E-state index in [1.165, 1.54) is 70.6 Å². The van der Waals surface area contributed by atoms with Gasteiger partial charge in [-0.25, -0.2) is 4.98 Å². The maximum absolute atomic E-state index is 12.3. The van der Waals surface area contributed by atoms with Gasteiger partial charge in [-0.2, -0.15) is 0 Å². The van der Waals surface area contributed by atoms with Gasteiger partial charge in [0.2, 0.25) is 0 Å². The van der Waals surface area contributed by atoms with Gasteiger partial charge in [0.25, 0.3) is 5.56 Å². The molecule has 1 heterocycles. The molecular formula is C17H25BrN2O. The number of halogens is 1. The molecule has 1 aromatic heterocycles. The fourth-order valence-electron chi connectivity index (χ4n) is 3.89. The highest BCUT2D eigenvalue weighted by Crippen LogP contribution is 2.36. The second-order valence-electron chi connectivity index (χ2n) is 6.67. The highest BCUT2D eigenvalue weighted by atomic mass is 79.9. The summed E-state index contributed by atoms with van der Waals surface area (Å²) in [6.07, 6.45) is 13.8. The Hall–Kier alpha value is -0.640. The summed E-state index contributed by atoms with van der Waals surface area (Å²) in [6, 6.07) is 0. The number of H-pyrrole nitrogens is 1. The molecule has 2 aliphatic carbocycles. The topological polar surface area (TPSA) is 45.8 Å². The van der Waals surface area contributed by atoms with Crippen molar-refractivity contribution in [2.45, 2.75) is 82.5 Å². The van der Waals surface area contributed by atoms with Crippen LogP contribution in [0.2, 0.25) is 0 Å². The van der Waals surface area contributed by atoms with Gasteiger partial charge in [-0.3, -0.25) is 4.79 Å². The summed E-state index contributed by atoms with van der Waals surface area (Å²) in [6.45, 7) is 0. The van der Waals surface area contributed by atoms with E-state index in [1.54, 1.807) is 0 Å². The summed E-state index contributed by atoms with van der Waals surface area (Å²) in [4.78, 5) is 20.2. The minimum atomic E-state index is 0.0176. The van der Waals surface area contributed by atoms with E-state index in [2.05, 4.69) is 20.9 Å².